The number of hydrogen-bond acceptors (Lipinski definition) is 6. The molecule has 0 radical (unpaired) electrons. The van der Waals surface area contributed by atoms with E-state index in [0.717, 1.165) is 0 Å². The van der Waals surface area contributed by atoms with Crippen LogP contribution < -0.4 is 15.2 Å². The summed E-state index contributed by atoms with van der Waals surface area (Å²) in [6.07, 6.45) is 0.219. The van der Waals surface area contributed by atoms with Crippen LogP contribution in [0.25, 0.3) is 11.1 Å². The highest BCUT2D eigenvalue weighted by molar-refractivity contribution is 7.89. The van der Waals surface area contributed by atoms with Gasteiger partial charge in [0.05, 0.1) is 17.0 Å². The molecule has 9 heteroatoms. The van der Waals surface area contributed by atoms with E-state index in [1.54, 1.807) is 19.2 Å². The first kappa shape index (κ1) is 19.5. The van der Waals surface area contributed by atoms with E-state index in [9.17, 15) is 13.2 Å². The molecule has 8 nitrogen and oxygen atoms in total. The molecule has 154 valence electrons. The van der Waals surface area contributed by atoms with Crippen LogP contribution in [0, 0.1) is 0 Å². The Morgan fingerprint density at radius 2 is 1.93 bits per heavy atom. The van der Waals surface area contributed by atoms with Crippen molar-refractivity contribution < 1.29 is 22.3 Å². The highest BCUT2D eigenvalue weighted by Crippen LogP contribution is 2.31. The van der Waals surface area contributed by atoms with Crippen LogP contribution in [0.5, 0.6) is 11.5 Å². The fourth-order valence-electron chi connectivity index (χ4n) is 3.36. The average Bonchev–Trinajstić information content (AvgIpc) is 3.01. The van der Waals surface area contributed by atoms with Gasteiger partial charge < -0.3 is 13.9 Å². The summed E-state index contributed by atoms with van der Waals surface area (Å²) in [6, 6.07) is 11.8. The van der Waals surface area contributed by atoms with Crippen molar-refractivity contribution in [1.82, 2.24) is 8.87 Å². The normalized spacial score (nSPS) is 16.4. The van der Waals surface area contributed by atoms with E-state index < -0.39 is 21.9 Å². The molecule has 1 atom stereocenters. The van der Waals surface area contributed by atoms with E-state index in [1.165, 1.54) is 21.0 Å². The lowest BCUT2D eigenvalue weighted by molar-refractivity contribution is 0.0764. The van der Waals surface area contributed by atoms with Gasteiger partial charge in [0.2, 0.25) is 10.0 Å². The van der Waals surface area contributed by atoms with E-state index in [2.05, 4.69) is 0 Å². The molecule has 0 unspecified atom stereocenters. The number of nitrogens with zero attached hydrogens (tertiary/aromatic N) is 2. The quantitative estimate of drug-likeness (QED) is 0.610. The second-order valence-corrected chi connectivity index (χ2v) is 8.86. The third-order valence-electron chi connectivity index (χ3n) is 4.85. The topological polar surface area (TPSA) is 91.0 Å². The number of oxazole rings is 1. The van der Waals surface area contributed by atoms with Gasteiger partial charge in [-0.05, 0) is 30.7 Å². The van der Waals surface area contributed by atoms with E-state index >= 15 is 0 Å². The maximum absolute atomic E-state index is 13.3. The molecule has 2 aromatic carbocycles. The zero-order chi connectivity index (χ0) is 20.6. The third-order valence-corrected chi connectivity index (χ3v) is 6.71. The first-order valence-corrected chi connectivity index (χ1v) is 10.8. The summed E-state index contributed by atoms with van der Waals surface area (Å²) in [5.41, 5.74) is 0.776. The second-order valence-electron chi connectivity index (χ2n) is 6.92. The second kappa shape index (κ2) is 7.57. The van der Waals surface area contributed by atoms with Crippen LogP contribution in [0.1, 0.15) is 13.3 Å². The molecule has 1 aliphatic rings. The molecule has 0 bridgehead atoms. The van der Waals surface area contributed by atoms with Crippen molar-refractivity contribution in [3.8, 4) is 11.5 Å². The Labute approximate surface area is 168 Å². The summed E-state index contributed by atoms with van der Waals surface area (Å²) in [5, 5.41) is 0. The van der Waals surface area contributed by atoms with Crippen LogP contribution in [-0.2, 0) is 17.1 Å². The third kappa shape index (κ3) is 3.63. The first-order valence-electron chi connectivity index (χ1n) is 9.38. The smallest absolute Gasteiger partial charge is 0.419 e. The Morgan fingerprint density at radius 3 is 2.69 bits per heavy atom. The minimum atomic E-state index is -3.81. The van der Waals surface area contributed by atoms with Crippen LogP contribution in [0.2, 0.25) is 0 Å². The van der Waals surface area contributed by atoms with Gasteiger partial charge in [-0.15, -0.1) is 0 Å². The number of fused-ring (bicyclic) bond motifs is 2. The number of aromatic nitrogens is 1. The summed E-state index contributed by atoms with van der Waals surface area (Å²) in [5.74, 6) is 0.717. The number of hydrogen-bond donors (Lipinski definition) is 0. The molecular weight excluding hydrogens is 396 g/mol. The van der Waals surface area contributed by atoms with Gasteiger partial charge in [0.25, 0.3) is 0 Å². The molecule has 0 amide bonds. The van der Waals surface area contributed by atoms with Crippen molar-refractivity contribution in [3.05, 3.63) is 53.0 Å². The number of benzene rings is 2. The minimum absolute atomic E-state index is 0.0740. The maximum Gasteiger partial charge on any atom is 0.419 e. The maximum atomic E-state index is 13.3. The van der Waals surface area contributed by atoms with Gasteiger partial charge in [-0.1, -0.05) is 19.1 Å². The predicted octanol–water partition coefficient (Wildman–Crippen LogP) is 2.37. The largest absolute Gasteiger partial charge is 0.486 e. The summed E-state index contributed by atoms with van der Waals surface area (Å²) in [6.45, 7) is 2.66. The Hall–Kier alpha value is -2.78. The van der Waals surface area contributed by atoms with E-state index in [-0.39, 0.29) is 23.6 Å². The average molecular weight is 418 g/mol. The van der Waals surface area contributed by atoms with E-state index in [1.807, 2.05) is 25.1 Å². The fourth-order valence-corrected chi connectivity index (χ4v) is 4.94. The SMILES string of the molecule is CCCN(C[C@H]1COc2ccccc2O1)S(=O)(=O)c1ccc2c(c1)oc(=O)n2C. The summed E-state index contributed by atoms with van der Waals surface area (Å²) < 4.78 is 46.1. The van der Waals surface area contributed by atoms with Gasteiger partial charge in [0.1, 0.15) is 12.7 Å². The van der Waals surface area contributed by atoms with Gasteiger partial charge in [0.15, 0.2) is 17.1 Å². The molecule has 0 saturated heterocycles. The molecule has 1 aromatic heterocycles. The van der Waals surface area contributed by atoms with Crippen molar-refractivity contribution in [2.75, 3.05) is 19.7 Å². The molecular formula is C20H22N2O6S. The van der Waals surface area contributed by atoms with Crippen LogP contribution in [-0.4, -0.2) is 43.1 Å². The standard InChI is InChI=1S/C20H22N2O6S/c1-3-10-22(12-14-13-26-17-6-4-5-7-18(17)27-14)29(24,25)15-8-9-16-19(11-15)28-20(23)21(16)2/h4-9,11,14H,3,10,12-13H2,1-2H3/t14-/m0/s1. The van der Waals surface area contributed by atoms with E-state index in [0.29, 0.717) is 30.0 Å². The number of sulfonamides is 1. The Kier molecular flexibility index (Phi) is 5.10. The van der Waals surface area contributed by atoms with Crippen molar-refractivity contribution >= 4 is 21.1 Å². The molecule has 4 rings (SSSR count). The lowest BCUT2D eigenvalue weighted by atomic mass is 10.2. The molecule has 0 fully saturated rings. The molecule has 0 spiro atoms. The monoisotopic (exact) mass is 418 g/mol. The first-order chi connectivity index (χ1) is 13.9. The summed E-state index contributed by atoms with van der Waals surface area (Å²) >= 11 is 0. The number of para-hydroxylation sites is 2. The Morgan fingerprint density at radius 1 is 1.17 bits per heavy atom. The molecule has 3 aromatic rings. The van der Waals surface area contributed by atoms with Gasteiger partial charge in [-0.2, -0.15) is 4.31 Å². The van der Waals surface area contributed by atoms with Crippen LogP contribution in [0.3, 0.4) is 0 Å². The zero-order valence-electron chi connectivity index (χ0n) is 16.2. The summed E-state index contributed by atoms with van der Waals surface area (Å²) in [7, 11) is -2.24. The highest BCUT2D eigenvalue weighted by Gasteiger charge is 2.30. The van der Waals surface area contributed by atoms with Gasteiger partial charge in [-0.25, -0.2) is 13.2 Å². The zero-order valence-corrected chi connectivity index (χ0v) is 17.0. The van der Waals surface area contributed by atoms with Crippen molar-refractivity contribution in [2.45, 2.75) is 24.3 Å². The molecule has 0 aliphatic carbocycles. The molecule has 2 heterocycles. The Balaban J connectivity index is 1.61. The van der Waals surface area contributed by atoms with Crippen LogP contribution in [0.15, 0.2) is 56.6 Å². The number of ether oxygens (including phenoxy) is 2. The van der Waals surface area contributed by atoms with Gasteiger partial charge in [0, 0.05) is 19.7 Å². The minimum Gasteiger partial charge on any atom is -0.486 e. The van der Waals surface area contributed by atoms with Crippen LogP contribution >= 0.6 is 0 Å². The lowest BCUT2D eigenvalue weighted by Crippen LogP contribution is -2.44. The molecule has 0 N–H and O–H groups in total. The van der Waals surface area contributed by atoms with E-state index in [4.69, 9.17) is 13.9 Å². The number of rotatable bonds is 6. The Bertz CT molecular complexity index is 1200. The molecule has 0 saturated carbocycles. The lowest BCUT2D eigenvalue weighted by Gasteiger charge is -2.30. The fraction of sp³-hybridized carbons (Fsp3) is 0.350. The van der Waals surface area contributed by atoms with Gasteiger partial charge in [-0.3, -0.25) is 4.57 Å². The predicted molar refractivity (Wildman–Crippen MR) is 107 cm³/mol. The molecule has 29 heavy (non-hydrogen) atoms. The number of aryl methyl sites for hydroxylation is 1. The highest BCUT2D eigenvalue weighted by atomic mass is 32.2. The van der Waals surface area contributed by atoms with Crippen LogP contribution in [0.4, 0.5) is 0 Å². The van der Waals surface area contributed by atoms with Gasteiger partial charge >= 0.3 is 5.76 Å². The van der Waals surface area contributed by atoms with Crippen molar-refractivity contribution in [3.63, 3.8) is 0 Å². The molecule has 1 aliphatic heterocycles. The van der Waals surface area contributed by atoms with Crippen molar-refractivity contribution in [2.24, 2.45) is 7.05 Å². The summed E-state index contributed by atoms with van der Waals surface area (Å²) in [4.78, 5) is 11.8. The van der Waals surface area contributed by atoms with Crippen molar-refractivity contribution in [1.29, 1.82) is 0 Å².